The molecule has 8 nitrogen and oxygen atoms in total. The molecule has 1 atom stereocenters. The fraction of sp³-hybridized carbons (Fsp3) is 0.545. The Hall–Kier alpha value is -1.77. The predicted octanol–water partition coefficient (Wildman–Crippen LogP) is -0.875. The predicted molar refractivity (Wildman–Crippen MR) is 64.4 cm³/mol. The van der Waals surface area contributed by atoms with Gasteiger partial charge in [-0.2, -0.15) is 0 Å². The summed E-state index contributed by atoms with van der Waals surface area (Å²) in [7, 11) is 3.24. The number of hydrogen-bond donors (Lipinski definition) is 3. The zero-order chi connectivity index (χ0) is 14.2. The van der Waals surface area contributed by atoms with Crippen LogP contribution in [0.5, 0.6) is 0 Å². The average molecular weight is 271 g/mol. The van der Waals surface area contributed by atoms with Crippen LogP contribution in [0.15, 0.2) is 23.4 Å². The van der Waals surface area contributed by atoms with E-state index in [0.717, 1.165) is 0 Å². The molecule has 1 saturated heterocycles. The van der Waals surface area contributed by atoms with Gasteiger partial charge in [-0.3, -0.25) is 9.80 Å². The first-order valence-electron chi connectivity index (χ1n) is 5.77. The number of fused-ring (bicyclic) bond motifs is 1. The van der Waals surface area contributed by atoms with E-state index in [9.17, 15) is 20.1 Å². The summed E-state index contributed by atoms with van der Waals surface area (Å²) in [6.07, 6.45) is -0.315. The largest absolute Gasteiger partial charge is 0.508 e. The molecule has 0 spiro atoms. The van der Waals surface area contributed by atoms with Gasteiger partial charge in [-0.1, -0.05) is 0 Å². The second-order valence-electron chi connectivity index (χ2n) is 4.38. The van der Waals surface area contributed by atoms with E-state index in [0.29, 0.717) is 13.2 Å². The Morgan fingerprint density at radius 1 is 1.47 bits per heavy atom. The molecule has 3 N–H and O–H groups in total. The Labute approximate surface area is 110 Å². The van der Waals surface area contributed by atoms with Gasteiger partial charge in [0.2, 0.25) is 0 Å². The molecule has 1 amide bonds. The number of methoxy groups -OCH3 is 1. The Morgan fingerprint density at radius 3 is 2.79 bits per heavy atom. The molecule has 0 aromatic heterocycles. The number of nitrogens with zero attached hydrogens (tertiary/aromatic N) is 3. The van der Waals surface area contributed by atoms with Crippen LogP contribution >= 0.6 is 0 Å². The van der Waals surface area contributed by atoms with Crippen molar-refractivity contribution in [3.63, 3.8) is 0 Å². The van der Waals surface area contributed by atoms with Gasteiger partial charge in [0.15, 0.2) is 17.6 Å². The van der Waals surface area contributed by atoms with E-state index in [1.165, 1.54) is 23.2 Å². The molecule has 0 aromatic carbocycles. The van der Waals surface area contributed by atoms with Gasteiger partial charge in [0.25, 0.3) is 5.91 Å². The van der Waals surface area contributed by atoms with Crippen molar-refractivity contribution in [3.05, 3.63) is 23.4 Å². The van der Waals surface area contributed by atoms with Crippen LogP contribution in [0.2, 0.25) is 0 Å². The fourth-order valence-corrected chi connectivity index (χ4v) is 2.08. The topological polar surface area (TPSA) is 96.7 Å². The van der Waals surface area contributed by atoms with Crippen molar-refractivity contribution in [3.8, 4) is 0 Å². The monoisotopic (exact) mass is 271 g/mol. The van der Waals surface area contributed by atoms with Crippen molar-refractivity contribution in [2.75, 3.05) is 34.0 Å². The van der Waals surface area contributed by atoms with Gasteiger partial charge in [0.1, 0.15) is 5.76 Å². The van der Waals surface area contributed by atoms with E-state index in [1.54, 1.807) is 12.1 Å². The quantitative estimate of drug-likeness (QED) is 0.613. The minimum absolute atomic E-state index is 0.0282. The standard InChI is InChI=1S/C11H17N3O5/c1-12-6-13-5-7(15)9(16)10(17)8(13)11(18)14(12)3-4-19-2/h5,9,15-17H,3-4,6H2,1-2H3. The number of aliphatic hydroxyl groups excluding tert-OH is 3. The van der Waals surface area contributed by atoms with Crippen molar-refractivity contribution >= 4 is 5.91 Å². The molecule has 8 heteroatoms. The van der Waals surface area contributed by atoms with Gasteiger partial charge in [0, 0.05) is 20.4 Å². The van der Waals surface area contributed by atoms with E-state index in [1.807, 2.05) is 0 Å². The van der Waals surface area contributed by atoms with E-state index in [4.69, 9.17) is 4.74 Å². The third kappa shape index (κ3) is 2.25. The Kier molecular flexibility index (Phi) is 3.65. The van der Waals surface area contributed by atoms with E-state index in [-0.39, 0.29) is 12.4 Å². The van der Waals surface area contributed by atoms with Crippen LogP contribution in [0.4, 0.5) is 0 Å². The molecule has 1 unspecified atom stereocenters. The van der Waals surface area contributed by atoms with Gasteiger partial charge in [0.05, 0.1) is 19.8 Å². The van der Waals surface area contributed by atoms with Gasteiger partial charge >= 0.3 is 0 Å². The Morgan fingerprint density at radius 2 is 2.16 bits per heavy atom. The lowest BCUT2D eigenvalue weighted by atomic mass is 10.1. The molecule has 0 radical (unpaired) electrons. The van der Waals surface area contributed by atoms with Gasteiger partial charge in [-0.25, -0.2) is 5.01 Å². The van der Waals surface area contributed by atoms with Crippen LogP contribution in [0.1, 0.15) is 0 Å². The molecular weight excluding hydrogens is 254 g/mol. The first kappa shape index (κ1) is 13.7. The molecule has 2 rings (SSSR count). The number of rotatable bonds is 3. The molecular formula is C11H17N3O5. The number of ether oxygens (including phenoxy) is 1. The summed E-state index contributed by atoms with van der Waals surface area (Å²) in [5.74, 6) is -1.39. The van der Waals surface area contributed by atoms with E-state index < -0.39 is 23.5 Å². The maximum atomic E-state index is 12.3. The normalized spacial score (nSPS) is 24.7. The summed E-state index contributed by atoms with van der Waals surface area (Å²) in [5.41, 5.74) is -0.0282. The molecule has 19 heavy (non-hydrogen) atoms. The number of amides is 1. The Bertz CT molecular complexity index is 448. The van der Waals surface area contributed by atoms with Crippen molar-refractivity contribution in [2.24, 2.45) is 0 Å². The second-order valence-corrected chi connectivity index (χ2v) is 4.38. The van der Waals surface area contributed by atoms with Crippen LogP contribution in [0, 0.1) is 0 Å². The molecule has 0 saturated carbocycles. The van der Waals surface area contributed by atoms with Crippen LogP contribution in [0.25, 0.3) is 0 Å². The first-order chi connectivity index (χ1) is 8.97. The smallest absolute Gasteiger partial charge is 0.288 e. The number of carbonyl (C=O) groups excluding carboxylic acids is 1. The highest BCUT2D eigenvalue weighted by molar-refractivity contribution is 5.94. The van der Waals surface area contributed by atoms with Crippen molar-refractivity contribution in [1.82, 2.24) is 14.9 Å². The number of aliphatic hydroxyl groups is 3. The fourth-order valence-electron chi connectivity index (χ4n) is 2.08. The minimum atomic E-state index is -1.55. The number of carbonyl (C=O) groups is 1. The first-order valence-corrected chi connectivity index (χ1v) is 5.77. The van der Waals surface area contributed by atoms with Crippen LogP contribution in [-0.2, 0) is 9.53 Å². The molecule has 0 aliphatic carbocycles. The summed E-state index contributed by atoms with van der Waals surface area (Å²) < 4.78 is 4.93. The lowest BCUT2D eigenvalue weighted by molar-refractivity contribution is -0.156. The second kappa shape index (κ2) is 5.08. The van der Waals surface area contributed by atoms with E-state index >= 15 is 0 Å². The molecule has 2 heterocycles. The summed E-state index contributed by atoms with van der Waals surface area (Å²) in [6, 6.07) is 0. The maximum Gasteiger partial charge on any atom is 0.288 e. The minimum Gasteiger partial charge on any atom is -0.508 e. The summed E-state index contributed by atoms with van der Waals surface area (Å²) in [4.78, 5) is 13.7. The third-order valence-corrected chi connectivity index (χ3v) is 3.07. The van der Waals surface area contributed by atoms with Gasteiger partial charge < -0.3 is 25.0 Å². The zero-order valence-electron chi connectivity index (χ0n) is 10.8. The van der Waals surface area contributed by atoms with E-state index in [2.05, 4.69) is 0 Å². The lowest BCUT2D eigenvalue weighted by Gasteiger charge is -2.43. The highest BCUT2D eigenvalue weighted by Crippen LogP contribution is 2.28. The highest BCUT2D eigenvalue weighted by atomic mass is 16.5. The van der Waals surface area contributed by atoms with Gasteiger partial charge in [-0.15, -0.1) is 0 Å². The third-order valence-electron chi connectivity index (χ3n) is 3.07. The van der Waals surface area contributed by atoms with Crippen LogP contribution < -0.4 is 0 Å². The maximum absolute atomic E-state index is 12.3. The van der Waals surface area contributed by atoms with Crippen molar-refractivity contribution in [1.29, 1.82) is 0 Å². The molecule has 0 aromatic rings. The van der Waals surface area contributed by atoms with Gasteiger partial charge in [-0.05, 0) is 0 Å². The van der Waals surface area contributed by atoms with Crippen LogP contribution in [-0.4, -0.2) is 76.2 Å². The summed E-state index contributed by atoms with van der Waals surface area (Å²) >= 11 is 0. The van der Waals surface area contributed by atoms with Crippen molar-refractivity contribution < 1.29 is 24.9 Å². The van der Waals surface area contributed by atoms with Crippen LogP contribution in [0.3, 0.4) is 0 Å². The molecule has 1 fully saturated rings. The summed E-state index contributed by atoms with van der Waals surface area (Å²) in [5, 5.41) is 31.9. The number of hydrazine groups is 1. The van der Waals surface area contributed by atoms with Crippen molar-refractivity contribution in [2.45, 2.75) is 6.10 Å². The summed E-state index contributed by atoms with van der Waals surface area (Å²) in [6.45, 7) is 0.960. The average Bonchev–Trinajstić information content (AvgIpc) is 2.35. The Balaban J connectivity index is 2.29. The molecule has 2 aliphatic rings. The SMILES string of the molecule is COCCN1C(=O)C2=C(O)C(O)C(O)=CN2CN1C. The number of hydrogen-bond acceptors (Lipinski definition) is 7. The molecule has 106 valence electrons. The molecule has 2 aliphatic heterocycles. The zero-order valence-corrected chi connectivity index (χ0v) is 10.8. The highest BCUT2D eigenvalue weighted by Gasteiger charge is 2.39. The lowest BCUT2D eigenvalue weighted by Crippen LogP contribution is -2.57. The molecule has 0 bridgehead atoms.